The molecule has 0 saturated heterocycles. The van der Waals surface area contributed by atoms with Crippen LogP contribution in [0.4, 0.5) is 22.7 Å². The highest BCUT2D eigenvalue weighted by atomic mass is 15.2. The first-order chi connectivity index (χ1) is 41.7. The van der Waals surface area contributed by atoms with E-state index >= 15 is 0 Å². The molecule has 5 nitrogen and oxygen atoms in total. The van der Waals surface area contributed by atoms with Crippen LogP contribution in [0.5, 0.6) is 0 Å². The maximum atomic E-state index is 4.66. The van der Waals surface area contributed by atoms with E-state index in [9.17, 15) is 0 Å². The Bertz CT molecular complexity index is 4370. The summed E-state index contributed by atoms with van der Waals surface area (Å²) >= 11 is 0. The van der Waals surface area contributed by atoms with Gasteiger partial charge in [0.1, 0.15) is 0 Å². The van der Waals surface area contributed by atoms with Crippen molar-refractivity contribution in [1.82, 2.24) is 14.5 Å². The van der Waals surface area contributed by atoms with Gasteiger partial charge in [0.2, 0.25) is 0 Å². The lowest BCUT2D eigenvalue weighted by Gasteiger charge is -2.45. The Morgan fingerprint density at radius 2 is 0.667 bits per heavy atom. The summed E-state index contributed by atoms with van der Waals surface area (Å²) < 4.78 is 2.51. The number of pyridine rings is 2. The molecule has 2 aliphatic heterocycles. The highest BCUT2D eigenvalue weighted by molar-refractivity contribution is 7.00. The van der Waals surface area contributed by atoms with Crippen LogP contribution in [-0.2, 0) is 13.1 Å². The number of hydrogen-bond acceptors (Lipinski definition) is 4. The number of nitrogens with zero attached hydrogens (tertiary/aromatic N) is 5. The van der Waals surface area contributed by atoms with E-state index in [2.05, 4.69) is 291 Å². The summed E-state index contributed by atoms with van der Waals surface area (Å²) in [5.41, 5.74) is 28.3. The van der Waals surface area contributed by atoms with E-state index in [1.807, 2.05) is 36.9 Å². The molecule has 0 radical (unpaired) electrons. The predicted octanol–water partition coefficient (Wildman–Crippen LogP) is 17.4. The number of fused-ring (bicyclic) bond motifs is 7. The van der Waals surface area contributed by atoms with E-state index in [1.54, 1.807) is 0 Å². The third-order valence-electron chi connectivity index (χ3n) is 17.4. The van der Waals surface area contributed by atoms with E-state index < -0.39 is 0 Å². The summed E-state index contributed by atoms with van der Waals surface area (Å²) in [6.45, 7) is 1.02. The fraction of sp³-hybridized carbons (Fsp3) is 0.0256. The molecule has 0 saturated carbocycles. The summed E-state index contributed by atoms with van der Waals surface area (Å²) in [6, 6.07) is 103. The fourth-order valence-corrected chi connectivity index (χ4v) is 13.6. The summed E-state index contributed by atoms with van der Waals surface area (Å²) in [5, 5.41) is 2.44. The molecule has 3 aromatic heterocycles. The van der Waals surface area contributed by atoms with Gasteiger partial charge in [0, 0.05) is 82.5 Å². The Balaban J connectivity index is 1.03. The van der Waals surface area contributed by atoms with Crippen molar-refractivity contribution in [2.45, 2.75) is 13.1 Å². The first-order valence-electron chi connectivity index (χ1n) is 29.0. The van der Waals surface area contributed by atoms with Crippen molar-refractivity contribution in [2.75, 3.05) is 9.80 Å². The second kappa shape index (κ2) is 20.6. The van der Waals surface area contributed by atoms with Gasteiger partial charge in [0.15, 0.2) is 0 Å². The molecule has 2 aliphatic rings. The van der Waals surface area contributed by atoms with Crippen molar-refractivity contribution >= 4 is 67.7 Å². The van der Waals surface area contributed by atoms with Crippen LogP contribution in [0.15, 0.2) is 304 Å². The van der Waals surface area contributed by atoms with Crippen LogP contribution >= 0.6 is 0 Å². The van der Waals surface area contributed by atoms with Crippen molar-refractivity contribution in [1.29, 1.82) is 0 Å². The van der Waals surface area contributed by atoms with E-state index in [1.165, 1.54) is 94.2 Å². The molecule has 11 aromatic carbocycles. The monoisotopic (exact) mass is 1070 g/mol. The molecular weight excluding hydrogens is 1020 g/mol. The minimum Gasteiger partial charge on any atom is -0.338 e. The maximum Gasteiger partial charge on any atom is 0.252 e. The quantitative estimate of drug-likeness (QED) is 0.121. The van der Waals surface area contributed by atoms with Crippen molar-refractivity contribution in [2.24, 2.45) is 0 Å². The Morgan fingerprint density at radius 3 is 1.05 bits per heavy atom. The van der Waals surface area contributed by atoms with Crippen LogP contribution in [0.25, 0.3) is 94.3 Å². The Kier molecular flexibility index (Phi) is 12.0. The first-order valence-corrected chi connectivity index (χ1v) is 29.0. The minimum absolute atomic E-state index is 0.137. The number of benzene rings is 11. The topological polar surface area (TPSA) is 37.2 Å². The lowest BCUT2D eigenvalue weighted by molar-refractivity contribution is 0.961. The zero-order chi connectivity index (χ0) is 55.5. The molecule has 0 aliphatic carbocycles. The number of para-hydroxylation sites is 2. The number of hydrogen-bond donors (Lipinski definition) is 0. The van der Waals surface area contributed by atoms with Gasteiger partial charge >= 0.3 is 0 Å². The van der Waals surface area contributed by atoms with E-state index in [0.29, 0.717) is 13.1 Å². The normalized spacial score (nSPS) is 12.3. The molecule has 5 heterocycles. The molecule has 14 aromatic rings. The highest BCUT2D eigenvalue weighted by Gasteiger charge is 2.44. The third-order valence-corrected chi connectivity index (χ3v) is 17.4. The average molecular weight is 1070 g/mol. The lowest BCUT2D eigenvalue weighted by Crippen LogP contribution is -2.62. The largest absolute Gasteiger partial charge is 0.338 e. The van der Waals surface area contributed by atoms with Crippen LogP contribution < -0.4 is 26.2 Å². The SMILES string of the molecule is c1ccc(-c2cccc(-c3ccccc3)c2CN2c3cc(-c4cccnc4)ccc3B3c4ccc(-c5cccnc5)cc4N(Cc4c(-c5ccccc5)cccc4-c4ccccc4)c4cc(-n5c6ccccc6c6ccccc65)cc2c43)cc1. The molecule has 16 rings (SSSR count). The molecule has 0 bridgehead atoms. The summed E-state index contributed by atoms with van der Waals surface area (Å²) in [7, 11) is 0. The molecule has 0 spiro atoms. The van der Waals surface area contributed by atoms with Crippen LogP contribution in [0.1, 0.15) is 11.1 Å². The average Bonchev–Trinajstić information content (AvgIpc) is 1.47. The van der Waals surface area contributed by atoms with Crippen LogP contribution in [0.2, 0.25) is 0 Å². The van der Waals surface area contributed by atoms with Crippen LogP contribution in [0.3, 0.4) is 0 Å². The summed E-state index contributed by atoms with van der Waals surface area (Å²) in [6.07, 6.45) is 7.70. The van der Waals surface area contributed by atoms with Crippen LogP contribution in [-0.4, -0.2) is 21.2 Å². The fourth-order valence-electron chi connectivity index (χ4n) is 13.6. The second-order valence-electron chi connectivity index (χ2n) is 22.0. The molecule has 0 fully saturated rings. The number of rotatable bonds is 11. The van der Waals surface area contributed by atoms with Gasteiger partial charge in [0.05, 0.1) is 16.7 Å². The minimum atomic E-state index is -0.137. The molecule has 0 amide bonds. The summed E-state index contributed by atoms with van der Waals surface area (Å²) in [5.74, 6) is 0. The van der Waals surface area contributed by atoms with Gasteiger partial charge in [-0.3, -0.25) is 9.97 Å². The number of anilines is 4. The second-order valence-corrected chi connectivity index (χ2v) is 22.0. The van der Waals surface area contributed by atoms with E-state index in [4.69, 9.17) is 0 Å². The van der Waals surface area contributed by atoms with Gasteiger partial charge in [0.25, 0.3) is 6.71 Å². The molecule has 6 heteroatoms. The zero-order valence-corrected chi connectivity index (χ0v) is 46.1. The molecule has 0 unspecified atom stereocenters. The predicted molar refractivity (Wildman–Crippen MR) is 351 cm³/mol. The Hall–Kier alpha value is -10.8. The van der Waals surface area contributed by atoms with Gasteiger partial charge in [-0.15, -0.1) is 0 Å². The molecule has 84 heavy (non-hydrogen) atoms. The molecule has 0 N–H and O–H groups in total. The Morgan fingerprint density at radius 1 is 0.298 bits per heavy atom. The highest BCUT2D eigenvalue weighted by Crippen LogP contribution is 2.47. The third kappa shape index (κ3) is 8.33. The van der Waals surface area contributed by atoms with Crippen molar-refractivity contribution < 1.29 is 0 Å². The maximum absolute atomic E-state index is 4.66. The van der Waals surface area contributed by atoms with Crippen molar-refractivity contribution in [3.63, 3.8) is 0 Å². The van der Waals surface area contributed by atoms with E-state index in [-0.39, 0.29) is 6.71 Å². The van der Waals surface area contributed by atoms with Gasteiger partial charge in [-0.2, -0.15) is 0 Å². The molecule has 394 valence electrons. The first kappa shape index (κ1) is 49.0. The van der Waals surface area contributed by atoms with Crippen molar-refractivity contribution in [3.05, 3.63) is 315 Å². The zero-order valence-electron chi connectivity index (χ0n) is 46.1. The smallest absolute Gasteiger partial charge is 0.252 e. The van der Waals surface area contributed by atoms with Gasteiger partial charge in [-0.1, -0.05) is 231 Å². The number of aromatic nitrogens is 3. The van der Waals surface area contributed by atoms with Gasteiger partial charge in [-0.25, -0.2) is 0 Å². The standard InChI is InChI=1S/C78H54BN5/c1-5-21-53(22-6-1)62-33-17-34-63(54-23-7-2-8-24-54)68(62)51-82-74-45-57(59-29-19-43-80-49-59)39-41-70(74)79-71-42-40-58(60-30-20-44-81-50-60)46-75(71)83(52-69-64(55-25-9-3-10-26-55)35-18-36-65(69)56-27-11-4-12-28-56)77-48-61(47-76(82)78(77)79)84-72-37-15-13-31-66(72)67-32-14-16-38-73(67)84/h1-50H,51-52H2. The Labute approximate surface area is 489 Å². The van der Waals surface area contributed by atoms with E-state index in [0.717, 1.165) is 50.3 Å². The van der Waals surface area contributed by atoms with Crippen LogP contribution in [0, 0.1) is 0 Å². The lowest BCUT2D eigenvalue weighted by atomic mass is 9.33. The van der Waals surface area contributed by atoms with Crippen molar-refractivity contribution in [3.8, 4) is 72.4 Å². The van der Waals surface area contributed by atoms with Gasteiger partial charge < -0.3 is 14.4 Å². The molecule has 0 atom stereocenters. The van der Waals surface area contributed by atoms with Gasteiger partial charge in [-0.05, 0) is 132 Å². The molecular formula is C78H54BN5. The summed E-state index contributed by atoms with van der Waals surface area (Å²) in [4.78, 5) is 14.6.